The first-order valence-corrected chi connectivity index (χ1v) is 10.5. The van der Waals surface area contributed by atoms with Crippen LogP contribution in [0, 0.1) is 5.92 Å². The van der Waals surface area contributed by atoms with Crippen LogP contribution in [-0.4, -0.2) is 26.2 Å². The lowest BCUT2D eigenvalue weighted by molar-refractivity contribution is 0.268. The van der Waals surface area contributed by atoms with E-state index < -0.39 is 0 Å². The number of benzene rings is 1. The molecule has 1 saturated carbocycles. The summed E-state index contributed by atoms with van der Waals surface area (Å²) in [6, 6.07) is 15.1. The van der Waals surface area contributed by atoms with Crippen LogP contribution in [0.25, 0.3) is 17.1 Å². The molecule has 0 aliphatic heterocycles. The fourth-order valence-electron chi connectivity index (χ4n) is 3.94. The van der Waals surface area contributed by atoms with E-state index in [9.17, 15) is 4.79 Å². The zero-order valence-electron chi connectivity index (χ0n) is 17.1. The van der Waals surface area contributed by atoms with Gasteiger partial charge < -0.3 is 4.74 Å². The van der Waals surface area contributed by atoms with Crippen molar-refractivity contribution in [2.24, 2.45) is 5.92 Å². The van der Waals surface area contributed by atoms with Crippen molar-refractivity contribution in [3.8, 4) is 23.0 Å². The van der Waals surface area contributed by atoms with Crippen molar-refractivity contribution in [1.82, 2.24) is 19.6 Å². The third-order valence-electron chi connectivity index (χ3n) is 5.52. The maximum atomic E-state index is 12.1. The molecule has 0 radical (unpaired) electrons. The Balaban J connectivity index is 1.65. The van der Waals surface area contributed by atoms with Crippen LogP contribution in [0.4, 0.5) is 0 Å². The molecule has 1 aliphatic carbocycles. The minimum absolute atomic E-state index is 0.0160. The lowest BCUT2D eigenvalue weighted by Crippen LogP contribution is -2.24. The zero-order valence-corrected chi connectivity index (χ0v) is 17.1. The van der Waals surface area contributed by atoms with E-state index in [0.717, 1.165) is 23.7 Å². The van der Waals surface area contributed by atoms with Gasteiger partial charge in [-0.2, -0.15) is 5.10 Å². The average molecular weight is 393 g/mol. The number of rotatable bonds is 7. The van der Waals surface area contributed by atoms with Crippen LogP contribution in [0.1, 0.15) is 52.0 Å². The number of hydrogen-bond acceptors (Lipinski definition) is 4. The molecule has 2 heterocycles. The van der Waals surface area contributed by atoms with Gasteiger partial charge in [-0.1, -0.05) is 43.9 Å². The second-order valence-corrected chi connectivity index (χ2v) is 8.00. The fourth-order valence-corrected chi connectivity index (χ4v) is 3.94. The Bertz CT molecular complexity index is 1000. The molecule has 6 heteroatoms. The number of ether oxygens (including phenoxy) is 1. The van der Waals surface area contributed by atoms with E-state index in [0.29, 0.717) is 18.2 Å². The van der Waals surface area contributed by atoms with Crippen LogP contribution in [0.2, 0.25) is 0 Å². The zero-order chi connectivity index (χ0) is 20.2. The molecule has 0 N–H and O–H groups in total. The third kappa shape index (κ3) is 4.42. The average Bonchev–Trinajstić information content (AvgIpc) is 3.39. The van der Waals surface area contributed by atoms with Gasteiger partial charge in [-0.3, -0.25) is 4.79 Å². The molecule has 2 aromatic heterocycles. The summed E-state index contributed by atoms with van der Waals surface area (Å²) in [5, 5.41) is 9.26. The number of aromatic nitrogens is 4. The van der Waals surface area contributed by atoms with E-state index in [1.165, 1.54) is 30.4 Å². The van der Waals surface area contributed by atoms with Gasteiger partial charge in [0.15, 0.2) is 0 Å². The molecule has 29 heavy (non-hydrogen) atoms. The van der Waals surface area contributed by atoms with Gasteiger partial charge in [0, 0.05) is 12.1 Å². The fraction of sp³-hybridized carbons (Fsp3) is 0.435. The molecule has 0 saturated heterocycles. The molecule has 0 amide bonds. The van der Waals surface area contributed by atoms with Crippen molar-refractivity contribution in [2.75, 3.05) is 6.61 Å². The van der Waals surface area contributed by atoms with E-state index in [4.69, 9.17) is 4.74 Å². The van der Waals surface area contributed by atoms with Crippen LogP contribution in [-0.2, 0) is 0 Å². The van der Waals surface area contributed by atoms with Crippen molar-refractivity contribution in [1.29, 1.82) is 0 Å². The van der Waals surface area contributed by atoms with Crippen LogP contribution in [0.3, 0.4) is 0 Å². The third-order valence-corrected chi connectivity index (χ3v) is 5.52. The lowest BCUT2D eigenvalue weighted by atomic mass is 10.1. The Hall–Kier alpha value is -2.89. The van der Waals surface area contributed by atoms with Gasteiger partial charge >= 0.3 is 0 Å². The first kappa shape index (κ1) is 19.4. The molecule has 1 fully saturated rings. The summed E-state index contributed by atoms with van der Waals surface area (Å²) in [5.74, 6) is 1.37. The highest BCUT2D eigenvalue weighted by Gasteiger charge is 2.18. The smallest absolute Gasteiger partial charge is 0.267 e. The van der Waals surface area contributed by atoms with Gasteiger partial charge in [0.05, 0.1) is 24.0 Å². The highest BCUT2D eigenvalue weighted by atomic mass is 16.5. The minimum Gasteiger partial charge on any atom is -0.477 e. The second-order valence-electron chi connectivity index (χ2n) is 8.00. The van der Waals surface area contributed by atoms with E-state index in [-0.39, 0.29) is 11.6 Å². The summed E-state index contributed by atoms with van der Waals surface area (Å²) < 4.78 is 9.34. The molecule has 3 aromatic rings. The topological polar surface area (TPSA) is 61.9 Å². The molecule has 4 rings (SSSR count). The summed E-state index contributed by atoms with van der Waals surface area (Å²) in [4.78, 5) is 12.1. The van der Waals surface area contributed by atoms with Gasteiger partial charge in [0.1, 0.15) is 5.69 Å². The van der Waals surface area contributed by atoms with E-state index in [2.05, 4.69) is 10.2 Å². The number of nitrogens with zero attached hydrogens (tertiary/aromatic N) is 4. The van der Waals surface area contributed by atoms with Crippen molar-refractivity contribution >= 4 is 0 Å². The Labute approximate surface area is 171 Å². The van der Waals surface area contributed by atoms with Crippen LogP contribution in [0.5, 0.6) is 5.88 Å². The van der Waals surface area contributed by atoms with Gasteiger partial charge in [0.2, 0.25) is 5.88 Å². The van der Waals surface area contributed by atoms with E-state index >= 15 is 0 Å². The monoisotopic (exact) mass is 392 g/mol. The molecule has 6 nitrogen and oxygen atoms in total. The van der Waals surface area contributed by atoms with Crippen LogP contribution < -0.4 is 10.3 Å². The highest BCUT2D eigenvalue weighted by Crippen LogP contribution is 2.29. The van der Waals surface area contributed by atoms with Gasteiger partial charge in [-0.25, -0.2) is 9.36 Å². The van der Waals surface area contributed by atoms with Gasteiger partial charge in [-0.05, 0) is 44.4 Å². The summed E-state index contributed by atoms with van der Waals surface area (Å²) in [6.07, 6.45) is 6.38. The quantitative estimate of drug-likeness (QED) is 0.588. The Morgan fingerprint density at radius 1 is 1.07 bits per heavy atom. The summed E-state index contributed by atoms with van der Waals surface area (Å²) in [7, 11) is 0. The molecular formula is C23H28N4O2. The molecule has 152 valence electrons. The first-order valence-electron chi connectivity index (χ1n) is 10.5. The van der Waals surface area contributed by atoms with Gasteiger partial charge in [-0.15, -0.1) is 5.10 Å². The first-order chi connectivity index (χ1) is 14.1. The molecule has 0 spiro atoms. The van der Waals surface area contributed by atoms with E-state index in [1.807, 2.05) is 54.9 Å². The Morgan fingerprint density at radius 2 is 1.83 bits per heavy atom. The van der Waals surface area contributed by atoms with Crippen LogP contribution >= 0.6 is 0 Å². The molecule has 1 aromatic carbocycles. The largest absolute Gasteiger partial charge is 0.477 e. The maximum Gasteiger partial charge on any atom is 0.267 e. The SMILES string of the molecule is CC(C)n1nc(-c2cc(OCCC3CCCC3)nn2-c2ccccc2)ccc1=O. The van der Waals surface area contributed by atoms with Crippen LogP contribution in [0.15, 0.2) is 53.3 Å². The van der Waals surface area contributed by atoms with Gasteiger partial charge in [0.25, 0.3) is 5.56 Å². The summed E-state index contributed by atoms with van der Waals surface area (Å²) >= 11 is 0. The molecule has 0 bridgehead atoms. The Kier molecular flexibility index (Phi) is 5.79. The van der Waals surface area contributed by atoms with E-state index in [1.54, 1.807) is 12.1 Å². The second kappa shape index (κ2) is 8.64. The number of para-hydroxylation sites is 1. The summed E-state index contributed by atoms with van der Waals surface area (Å²) in [5.41, 5.74) is 2.32. The predicted molar refractivity (Wildman–Crippen MR) is 114 cm³/mol. The standard InChI is InChI=1S/C23H28N4O2/c1-17(2)26-23(28)13-12-20(24-26)21-16-22(29-15-14-18-8-6-7-9-18)25-27(21)19-10-4-3-5-11-19/h3-5,10-13,16-18H,6-9,14-15H2,1-2H3. The minimum atomic E-state index is -0.109. The number of hydrogen-bond donors (Lipinski definition) is 0. The lowest BCUT2D eigenvalue weighted by Gasteiger charge is -2.11. The van der Waals surface area contributed by atoms with Crippen molar-refractivity contribution in [2.45, 2.75) is 52.0 Å². The highest BCUT2D eigenvalue weighted by molar-refractivity contribution is 5.59. The van der Waals surface area contributed by atoms with Crippen molar-refractivity contribution in [3.63, 3.8) is 0 Å². The molecule has 0 unspecified atom stereocenters. The predicted octanol–water partition coefficient (Wildman–Crippen LogP) is 4.64. The molecule has 0 atom stereocenters. The van der Waals surface area contributed by atoms with Crippen molar-refractivity contribution in [3.05, 3.63) is 58.9 Å². The molecular weight excluding hydrogens is 364 g/mol. The maximum absolute atomic E-state index is 12.1. The summed E-state index contributed by atoms with van der Waals surface area (Å²) in [6.45, 7) is 4.57. The van der Waals surface area contributed by atoms with Crippen molar-refractivity contribution < 1.29 is 4.74 Å². The molecule has 1 aliphatic rings. The normalized spacial score (nSPS) is 14.6. The Morgan fingerprint density at radius 3 is 2.55 bits per heavy atom.